The Labute approximate surface area is 78.4 Å². The largest absolute Gasteiger partial charge is 0.306 e. The zero-order valence-electron chi connectivity index (χ0n) is 7.71. The summed E-state index contributed by atoms with van der Waals surface area (Å²) in [7, 11) is 0. The first-order valence-corrected chi connectivity index (χ1v) is 5.10. The smallest absolute Gasteiger partial charge is 0.0636 e. The van der Waals surface area contributed by atoms with Crippen LogP contribution in [0.1, 0.15) is 30.5 Å². The third-order valence-electron chi connectivity index (χ3n) is 3.41. The Kier molecular flexibility index (Phi) is 1.47. The highest BCUT2D eigenvalue weighted by molar-refractivity contribution is 5.31. The lowest BCUT2D eigenvalue weighted by molar-refractivity contribution is 0.171. The Hall–Kier alpha value is -0.890. The average molecular weight is 174 g/mol. The van der Waals surface area contributed by atoms with Crippen molar-refractivity contribution in [2.45, 2.75) is 31.2 Å². The van der Waals surface area contributed by atoms with Crippen LogP contribution in [0, 0.1) is 0 Å². The summed E-state index contributed by atoms with van der Waals surface area (Å²) in [5.41, 5.74) is 3.06. The summed E-state index contributed by atoms with van der Waals surface area (Å²) in [4.78, 5) is 4.53. The van der Waals surface area contributed by atoms with Crippen LogP contribution < -0.4 is 5.32 Å². The van der Waals surface area contributed by atoms with Gasteiger partial charge in [0, 0.05) is 6.20 Å². The summed E-state index contributed by atoms with van der Waals surface area (Å²) in [6, 6.07) is 4.28. The van der Waals surface area contributed by atoms with E-state index in [1.165, 1.54) is 36.9 Å². The number of rotatable bonds is 0. The number of nitrogens with one attached hydrogen (secondary N) is 1. The minimum Gasteiger partial charge on any atom is -0.306 e. The number of pyridine rings is 1. The third-order valence-corrected chi connectivity index (χ3v) is 3.41. The molecule has 0 bridgehead atoms. The summed E-state index contributed by atoms with van der Waals surface area (Å²) in [6.45, 7) is 1.16. The molecule has 1 saturated heterocycles. The molecule has 1 unspecified atom stereocenters. The normalized spacial score (nSPS) is 31.1. The second-order valence-electron chi connectivity index (χ2n) is 4.12. The minimum absolute atomic E-state index is 0.273. The molecule has 2 heterocycles. The molecule has 1 atom stereocenters. The molecule has 2 heteroatoms. The molecule has 1 spiro atoms. The zero-order chi connectivity index (χ0) is 8.73. The lowest BCUT2D eigenvalue weighted by atomic mass is 9.73. The first-order valence-electron chi connectivity index (χ1n) is 5.10. The van der Waals surface area contributed by atoms with Crippen molar-refractivity contribution in [1.29, 1.82) is 0 Å². The van der Waals surface area contributed by atoms with Gasteiger partial charge < -0.3 is 5.32 Å². The van der Waals surface area contributed by atoms with Crippen LogP contribution in [0.4, 0.5) is 0 Å². The summed E-state index contributed by atoms with van der Waals surface area (Å²) >= 11 is 0. The second-order valence-corrected chi connectivity index (χ2v) is 4.12. The molecule has 0 amide bonds. The van der Waals surface area contributed by atoms with Crippen LogP contribution in [0.15, 0.2) is 18.3 Å². The highest BCUT2D eigenvalue weighted by Crippen LogP contribution is 2.40. The summed E-state index contributed by atoms with van der Waals surface area (Å²) in [5.74, 6) is 0. The fourth-order valence-electron chi connectivity index (χ4n) is 2.61. The van der Waals surface area contributed by atoms with E-state index >= 15 is 0 Å². The van der Waals surface area contributed by atoms with Crippen molar-refractivity contribution < 1.29 is 0 Å². The molecule has 0 saturated carbocycles. The number of hydrogen-bond donors (Lipinski definition) is 1. The lowest BCUT2D eigenvalue weighted by Gasteiger charge is -2.46. The topological polar surface area (TPSA) is 24.9 Å². The molecule has 1 N–H and O–H groups in total. The first-order chi connectivity index (χ1) is 6.41. The molecule has 0 radical (unpaired) electrons. The quantitative estimate of drug-likeness (QED) is 0.646. The molecule has 1 aliphatic heterocycles. The maximum atomic E-state index is 4.53. The van der Waals surface area contributed by atoms with E-state index in [-0.39, 0.29) is 5.54 Å². The van der Waals surface area contributed by atoms with E-state index in [0.29, 0.717) is 0 Å². The van der Waals surface area contributed by atoms with E-state index in [4.69, 9.17) is 0 Å². The summed E-state index contributed by atoms with van der Waals surface area (Å²) < 4.78 is 0. The van der Waals surface area contributed by atoms with Gasteiger partial charge in [0.1, 0.15) is 0 Å². The van der Waals surface area contributed by atoms with Crippen LogP contribution in [0.3, 0.4) is 0 Å². The van der Waals surface area contributed by atoms with Crippen molar-refractivity contribution in [3.8, 4) is 0 Å². The third kappa shape index (κ3) is 0.953. The zero-order valence-corrected chi connectivity index (χ0v) is 7.71. The van der Waals surface area contributed by atoms with Crippen molar-refractivity contribution in [2.75, 3.05) is 6.54 Å². The molecular formula is C11H14N2. The van der Waals surface area contributed by atoms with Gasteiger partial charge in [-0.2, -0.15) is 0 Å². The van der Waals surface area contributed by atoms with Gasteiger partial charge in [-0.3, -0.25) is 4.98 Å². The first kappa shape index (κ1) is 7.51. The van der Waals surface area contributed by atoms with E-state index in [2.05, 4.69) is 22.4 Å². The summed E-state index contributed by atoms with van der Waals surface area (Å²) in [5, 5.41) is 3.55. The van der Waals surface area contributed by atoms with E-state index in [0.717, 1.165) is 6.54 Å². The van der Waals surface area contributed by atoms with Crippen LogP contribution in [0.2, 0.25) is 0 Å². The van der Waals surface area contributed by atoms with E-state index in [9.17, 15) is 0 Å². The maximum Gasteiger partial charge on any atom is 0.0636 e. The van der Waals surface area contributed by atoms with Crippen LogP contribution in [0.5, 0.6) is 0 Å². The van der Waals surface area contributed by atoms with Crippen molar-refractivity contribution in [1.82, 2.24) is 10.3 Å². The van der Waals surface area contributed by atoms with Gasteiger partial charge >= 0.3 is 0 Å². The molecular weight excluding hydrogens is 160 g/mol. The molecule has 2 nitrogen and oxygen atoms in total. The second kappa shape index (κ2) is 2.55. The van der Waals surface area contributed by atoms with Crippen LogP contribution >= 0.6 is 0 Å². The average Bonchev–Trinajstić information content (AvgIpc) is 2.14. The number of aryl methyl sites for hydroxylation is 1. The van der Waals surface area contributed by atoms with Crippen LogP contribution in [-0.4, -0.2) is 11.5 Å². The molecule has 68 valence electrons. The fraction of sp³-hybridized carbons (Fsp3) is 0.545. The van der Waals surface area contributed by atoms with Crippen molar-refractivity contribution in [3.63, 3.8) is 0 Å². The van der Waals surface area contributed by atoms with Gasteiger partial charge in [0.2, 0.25) is 0 Å². The van der Waals surface area contributed by atoms with Crippen molar-refractivity contribution in [2.24, 2.45) is 0 Å². The molecule has 1 aliphatic carbocycles. The predicted octanol–water partition coefficient (Wildman–Crippen LogP) is 1.61. The lowest BCUT2D eigenvalue weighted by Crippen LogP contribution is -2.56. The number of aromatic nitrogens is 1. The Morgan fingerprint density at radius 3 is 3.08 bits per heavy atom. The summed E-state index contributed by atoms with van der Waals surface area (Å²) in [6.07, 6.45) is 7.00. The number of fused-ring (bicyclic) bond motifs is 2. The van der Waals surface area contributed by atoms with Gasteiger partial charge in [-0.15, -0.1) is 0 Å². The van der Waals surface area contributed by atoms with Crippen molar-refractivity contribution in [3.05, 3.63) is 29.6 Å². The van der Waals surface area contributed by atoms with Gasteiger partial charge in [-0.1, -0.05) is 6.07 Å². The molecule has 2 aliphatic rings. The SMILES string of the molecule is c1cnc2c(c1)CCCC21CCN1. The Bertz CT molecular complexity index is 329. The van der Waals surface area contributed by atoms with Gasteiger partial charge in [-0.05, 0) is 43.9 Å². The molecule has 1 aromatic rings. The van der Waals surface area contributed by atoms with Crippen LogP contribution in [-0.2, 0) is 12.0 Å². The highest BCUT2D eigenvalue weighted by atomic mass is 15.1. The molecule has 1 fully saturated rings. The Balaban J connectivity index is 2.11. The van der Waals surface area contributed by atoms with Gasteiger partial charge in [0.05, 0.1) is 11.2 Å². The van der Waals surface area contributed by atoms with Crippen LogP contribution in [0.25, 0.3) is 0 Å². The monoisotopic (exact) mass is 174 g/mol. The van der Waals surface area contributed by atoms with E-state index in [1.807, 2.05) is 6.20 Å². The Morgan fingerprint density at radius 2 is 2.31 bits per heavy atom. The predicted molar refractivity (Wildman–Crippen MR) is 51.5 cm³/mol. The number of hydrogen-bond acceptors (Lipinski definition) is 2. The standard InChI is InChI=1S/C11H14N2/c1-3-9-4-2-7-12-10(9)11(5-1)6-8-13-11/h2,4,7,13H,1,3,5-6,8H2. The van der Waals surface area contributed by atoms with Crippen molar-refractivity contribution >= 4 is 0 Å². The number of nitrogens with zero attached hydrogens (tertiary/aromatic N) is 1. The Morgan fingerprint density at radius 1 is 1.38 bits per heavy atom. The van der Waals surface area contributed by atoms with Gasteiger partial charge in [0.25, 0.3) is 0 Å². The van der Waals surface area contributed by atoms with Gasteiger partial charge in [-0.25, -0.2) is 0 Å². The molecule has 0 aromatic carbocycles. The fourth-order valence-corrected chi connectivity index (χ4v) is 2.61. The molecule has 1 aromatic heterocycles. The minimum atomic E-state index is 0.273. The molecule has 3 rings (SSSR count). The van der Waals surface area contributed by atoms with Gasteiger partial charge in [0.15, 0.2) is 0 Å². The van der Waals surface area contributed by atoms with E-state index in [1.54, 1.807) is 0 Å². The molecule has 13 heavy (non-hydrogen) atoms. The highest BCUT2D eigenvalue weighted by Gasteiger charge is 2.42. The maximum absolute atomic E-state index is 4.53. The van der Waals surface area contributed by atoms with E-state index < -0.39 is 0 Å².